The molecule has 1 unspecified atom stereocenters. The molecule has 1 aliphatic heterocycles. The van der Waals surface area contributed by atoms with Gasteiger partial charge in [-0.15, -0.1) is 11.3 Å². The molecule has 1 saturated carbocycles. The summed E-state index contributed by atoms with van der Waals surface area (Å²) in [5.41, 5.74) is 4.71. The summed E-state index contributed by atoms with van der Waals surface area (Å²) < 4.78 is 1.13. The van der Waals surface area contributed by atoms with E-state index < -0.39 is 6.04 Å². The minimum Gasteiger partial charge on any atom is -0.330 e. The number of carbonyl (C=O) groups is 3. The molecular weight excluding hydrogens is 482 g/mol. The Balaban J connectivity index is 1.22. The molecule has 3 aromatic carbocycles. The Kier molecular flexibility index (Phi) is 6.08. The van der Waals surface area contributed by atoms with Gasteiger partial charge >= 0.3 is 0 Å². The van der Waals surface area contributed by atoms with Crippen LogP contribution in [-0.2, 0) is 20.8 Å². The monoisotopic (exact) mass is 509 g/mol. The van der Waals surface area contributed by atoms with Crippen LogP contribution in [-0.4, -0.2) is 40.2 Å². The van der Waals surface area contributed by atoms with Crippen molar-refractivity contribution < 1.29 is 14.4 Å². The third-order valence-corrected chi connectivity index (χ3v) is 8.18. The van der Waals surface area contributed by atoms with Crippen molar-refractivity contribution in [3.8, 4) is 10.6 Å². The second-order valence-corrected chi connectivity index (χ2v) is 10.9. The summed E-state index contributed by atoms with van der Waals surface area (Å²) in [5.74, 6) is -0.628. The maximum absolute atomic E-state index is 13.5. The first-order valence-electron chi connectivity index (χ1n) is 12.7. The predicted molar refractivity (Wildman–Crippen MR) is 145 cm³/mol. The molecule has 186 valence electrons. The minimum absolute atomic E-state index is 0.00893. The van der Waals surface area contributed by atoms with Crippen molar-refractivity contribution >= 4 is 45.0 Å². The number of benzene rings is 3. The molecule has 6 rings (SSSR count). The lowest BCUT2D eigenvalue weighted by molar-refractivity contribution is -0.139. The van der Waals surface area contributed by atoms with Gasteiger partial charge < -0.3 is 4.90 Å². The molecule has 7 heteroatoms. The average Bonchev–Trinajstić information content (AvgIpc) is 3.61. The fourth-order valence-electron chi connectivity index (χ4n) is 4.92. The molecule has 4 aromatic rings. The molecule has 0 bridgehead atoms. The predicted octanol–water partition coefficient (Wildman–Crippen LogP) is 5.38. The van der Waals surface area contributed by atoms with Gasteiger partial charge in [-0.05, 0) is 73.7 Å². The van der Waals surface area contributed by atoms with Crippen molar-refractivity contribution in [1.82, 2.24) is 9.88 Å². The van der Waals surface area contributed by atoms with Gasteiger partial charge in [0.1, 0.15) is 11.0 Å². The van der Waals surface area contributed by atoms with Crippen LogP contribution in [0.25, 0.3) is 20.8 Å². The van der Waals surface area contributed by atoms with Gasteiger partial charge in [0.15, 0.2) is 0 Å². The first-order chi connectivity index (χ1) is 18.0. The Morgan fingerprint density at radius 3 is 2.51 bits per heavy atom. The van der Waals surface area contributed by atoms with Crippen molar-refractivity contribution in [3.05, 3.63) is 83.9 Å². The lowest BCUT2D eigenvalue weighted by atomic mass is 10.1. The molecule has 0 radical (unpaired) electrons. The van der Waals surface area contributed by atoms with Gasteiger partial charge in [0.05, 0.1) is 22.3 Å². The van der Waals surface area contributed by atoms with Crippen molar-refractivity contribution in [1.29, 1.82) is 0 Å². The lowest BCUT2D eigenvalue weighted by Gasteiger charge is -2.28. The fraction of sp³-hybridized carbons (Fsp3) is 0.267. The van der Waals surface area contributed by atoms with Crippen molar-refractivity contribution in [2.45, 2.75) is 38.6 Å². The van der Waals surface area contributed by atoms with E-state index in [0.29, 0.717) is 18.7 Å². The van der Waals surface area contributed by atoms with Crippen LogP contribution in [0.3, 0.4) is 0 Å². The Labute approximate surface area is 219 Å². The molecule has 1 atom stereocenters. The number of hydrogen-bond acceptors (Lipinski definition) is 5. The number of hydrogen-bond donors (Lipinski definition) is 0. The summed E-state index contributed by atoms with van der Waals surface area (Å²) in [6, 6.07) is 22.7. The Morgan fingerprint density at radius 2 is 1.78 bits per heavy atom. The van der Waals surface area contributed by atoms with Crippen molar-refractivity contribution in [2.75, 3.05) is 11.4 Å². The van der Waals surface area contributed by atoms with Gasteiger partial charge in [-0.25, -0.2) is 9.88 Å². The fourth-order valence-corrected chi connectivity index (χ4v) is 5.99. The maximum atomic E-state index is 13.5. The van der Waals surface area contributed by atoms with E-state index in [1.54, 1.807) is 28.4 Å². The van der Waals surface area contributed by atoms with E-state index in [0.717, 1.165) is 39.2 Å². The van der Waals surface area contributed by atoms with Crippen molar-refractivity contribution in [2.24, 2.45) is 5.92 Å². The van der Waals surface area contributed by atoms with E-state index in [4.69, 9.17) is 4.98 Å². The normalized spacial score (nSPS) is 17.5. The third-order valence-electron chi connectivity index (χ3n) is 7.11. The molecule has 2 heterocycles. The molecule has 0 N–H and O–H groups in total. The van der Waals surface area contributed by atoms with Gasteiger partial charge in [0.2, 0.25) is 11.8 Å². The van der Waals surface area contributed by atoms with Gasteiger partial charge in [-0.3, -0.25) is 14.4 Å². The SMILES string of the molecule is Cc1ccc2nc(-c3ccc(N4C(=O)CC(N(CCc5ccccc5)C(=O)C5CC5)C4=O)cc3)sc2c1. The number of imide groups is 1. The molecular formula is C30H27N3O3S. The van der Waals surface area contributed by atoms with Crippen LogP contribution in [0, 0.1) is 12.8 Å². The molecule has 1 saturated heterocycles. The highest BCUT2D eigenvalue weighted by Gasteiger charge is 2.46. The number of thiazole rings is 1. The van der Waals surface area contributed by atoms with E-state index in [-0.39, 0.29) is 30.1 Å². The third kappa shape index (κ3) is 4.67. The summed E-state index contributed by atoms with van der Waals surface area (Å²) in [4.78, 5) is 47.3. The van der Waals surface area contributed by atoms with E-state index >= 15 is 0 Å². The van der Waals surface area contributed by atoms with Gasteiger partial charge in [-0.1, -0.05) is 36.4 Å². The number of carbonyl (C=O) groups excluding carboxylic acids is 3. The van der Waals surface area contributed by atoms with Crippen LogP contribution in [0.15, 0.2) is 72.8 Å². The molecule has 3 amide bonds. The van der Waals surface area contributed by atoms with Crippen molar-refractivity contribution in [3.63, 3.8) is 0 Å². The molecule has 37 heavy (non-hydrogen) atoms. The highest BCUT2D eigenvalue weighted by molar-refractivity contribution is 7.21. The number of nitrogens with zero attached hydrogens (tertiary/aromatic N) is 3. The van der Waals surface area contributed by atoms with E-state index in [2.05, 4.69) is 13.0 Å². The summed E-state index contributed by atoms with van der Waals surface area (Å²) in [6.07, 6.45) is 2.37. The number of amides is 3. The second-order valence-electron chi connectivity index (χ2n) is 9.87. The summed E-state index contributed by atoms with van der Waals surface area (Å²) in [5, 5.41) is 0.895. The van der Waals surface area contributed by atoms with Crippen LogP contribution in [0.2, 0.25) is 0 Å². The first kappa shape index (κ1) is 23.6. The van der Waals surface area contributed by atoms with E-state index in [9.17, 15) is 14.4 Å². The quantitative estimate of drug-likeness (QED) is 0.314. The van der Waals surface area contributed by atoms with Crippen LogP contribution in [0.5, 0.6) is 0 Å². The molecule has 1 aliphatic carbocycles. The first-order valence-corrected chi connectivity index (χ1v) is 13.5. The standard InChI is InChI=1S/C30H27N3O3S/c1-19-7-14-24-26(17-19)37-28(31-24)21-10-12-23(13-11-21)33-27(34)18-25(30(33)36)32(29(35)22-8-9-22)16-15-20-5-3-2-4-6-20/h2-7,10-14,17,22,25H,8-9,15-16,18H2,1H3. The Hall–Kier alpha value is -3.84. The van der Waals surface area contributed by atoms with Crippen LogP contribution >= 0.6 is 11.3 Å². The zero-order valence-electron chi connectivity index (χ0n) is 20.6. The average molecular weight is 510 g/mol. The van der Waals surface area contributed by atoms with Gasteiger partial charge in [0.25, 0.3) is 5.91 Å². The highest BCUT2D eigenvalue weighted by Crippen LogP contribution is 2.35. The molecule has 0 spiro atoms. The topological polar surface area (TPSA) is 70.6 Å². The Morgan fingerprint density at radius 1 is 1.03 bits per heavy atom. The summed E-state index contributed by atoms with van der Waals surface area (Å²) >= 11 is 1.62. The van der Waals surface area contributed by atoms with E-state index in [1.807, 2.05) is 54.6 Å². The van der Waals surface area contributed by atoms with Gasteiger partial charge in [0, 0.05) is 18.0 Å². The largest absolute Gasteiger partial charge is 0.330 e. The summed E-state index contributed by atoms with van der Waals surface area (Å²) in [7, 11) is 0. The second kappa shape index (κ2) is 9.56. The zero-order valence-corrected chi connectivity index (χ0v) is 21.4. The zero-order chi connectivity index (χ0) is 25.5. The van der Waals surface area contributed by atoms with Crippen LogP contribution in [0.4, 0.5) is 5.69 Å². The minimum atomic E-state index is -0.753. The summed E-state index contributed by atoms with van der Waals surface area (Å²) in [6.45, 7) is 2.48. The number of fused-ring (bicyclic) bond motifs is 1. The molecule has 2 aliphatic rings. The molecule has 2 fully saturated rings. The van der Waals surface area contributed by atoms with E-state index in [1.165, 1.54) is 10.5 Å². The smallest absolute Gasteiger partial charge is 0.257 e. The maximum Gasteiger partial charge on any atom is 0.257 e. The lowest BCUT2D eigenvalue weighted by Crippen LogP contribution is -2.47. The molecule has 1 aromatic heterocycles. The molecule has 6 nitrogen and oxygen atoms in total. The highest BCUT2D eigenvalue weighted by atomic mass is 32.1. The number of anilines is 1. The number of rotatable bonds is 7. The number of aryl methyl sites for hydroxylation is 1. The van der Waals surface area contributed by atoms with Gasteiger partial charge in [-0.2, -0.15) is 0 Å². The Bertz CT molecular complexity index is 1490. The number of aromatic nitrogens is 1. The van der Waals surface area contributed by atoms with Crippen LogP contribution < -0.4 is 4.90 Å². The van der Waals surface area contributed by atoms with Crippen LogP contribution in [0.1, 0.15) is 30.4 Å².